The van der Waals surface area contributed by atoms with Gasteiger partial charge in [-0.05, 0) is 6.92 Å². The average Bonchev–Trinajstić information content (AvgIpc) is 2.01. The number of hydrogen-bond acceptors (Lipinski definition) is 3. The van der Waals surface area contributed by atoms with Gasteiger partial charge in [0.1, 0.15) is 11.9 Å². The molecule has 0 amide bonds. The molecule has 0 spiro atoms. The van der Waals surface area contributed by atoms with Crippen molar-refractivity contribution < 1.29 is 31.4 Å². The van der Waals surface area contributed by atoms with E-state index in [-0.39, 0.29) is 28.3 Å². The van der Waals surface area contributed by atoms with Crippen LogP contribution in [-0.2, 0) is 26.3 Å². The largest absolute Gasteiger partial charge is 0.509 e. The van der Waals surface area contributed by atoms with Crippen molar-refractivity contribution in [2.24, 2.45) is 5.41 Å². The second-order valence-corrected chi connectivity index (χ2v) is 4.06. The third-order valence-corrected chi connectivity index (χ3v) is 1.79. The molecule has 0 fully saturated rings. The molecule has 3 nitrogen and oxygen atoms in total. The Hall–Kier alpha value is -0.324. The van der Waals surface area contributed by atoms with Crippen LogP contribution >= 0.6 is 0 Å². The standard InChI is InChI=1S/C10H18O3.Co/c1-7(13-5)8(11)6-9(12)10(2,3)4;/h6-7,11H,1-5H3;/b8-6-;. The van der Waals surface area contributed by atoms with Crippen molar-refractivity contribution in [3.8, 4) is 0 Å². The molecule has 1 N–H and O–H groups in total. The summed E-state index contributed by atoms with van der Waals surface area (Å²) in [7, 11) is 1.48. The quantitative estimate of drug-likeness (QED) is 0.611. The Morgan fingerprint density at radius 2 is 1.86 bits per heavy atom. The summed E-state index contributed by atoms with van der Waals surface area (Å²) in [5, 5.41) is 9.37. The fourth-order valence-electron chi connectivity index (χ4n) is 0.589. The Morgan fingerprint density at radius 3 is 2.14 bits per heavy atom. The molecule has 1 radical (unpaired) electrons. The molecule has 0 aliphatic carbocycles. The molecule has 0 rings (SSSR count). The number of carbonyl (C=O) groups excluding carboxylic acids is 1. The van der Waals surface area contributed by atoms with Crippen LogP contribution in [0.25, 0.3) is 0 Å². The minimum absolute atomic E-state index is 0. The molecule has 85 valence electrons. The summed E-state index contributed by atoms with van der Waals surface area (Å²) >= 11 is 0. The van der Waals surface area contributed by atoms with Gasteiger partial charge >= 0.3 is 0 Å². The number of rotatable bonds is 3. The molecule has 4 heteroatoms. The Balaban J connectivity index is 0. The van der Waals surface area contributed by atoms with Crippen molar-refractivity contribution >= 4 is 5.78 Å². The molecular formula is C10H18CoO3. The number of ketones is 1. The number of hydrogen-bond donors (Lipinski definition) is 1. The van der Waals surface area contributed by atoms with Crippen LogP contribution < -0.4 is 0 Å². The van der Waals surface area contributed by atoms with Crippen molar-refractivity contribution in [3.63, 3.8) is 0 Å². The van der Waals surface area contributed by atoms with E-state index in [9.17, 15) is 9.90 Å². The van der Waals surface area contributed by atoms with Gasteiger partial charge in [-0.1, -0.05) is 20.8 Å². The molecule has 0 saturated heterocycles. The van der Waals surface area contributed by atoms with E-state index in [1.807, 2.05) is 0 Å². The summed E-state index contributed by atoms with van der Waals surface area (Å²) in [5.74, 6) is -0.128. The Bertz CT molecular complexity index is 216. The molecule has 0 aliphatic rings. The van der Waals surface area contributed by atoms with E-state index in [1.54, 1.807) is 27.7 Å². The van der Waals surface area contributed by atoms with Crippen LogP contribution in [0.2, 0.25) is 0 Å². The summed E-state index contributed by atoms with van der Waals surface area (Å²) < 4.78 is 4.85. The van der Waals surface area contributed by atoms with Crippen molar-refractivity contribution in [2.75, 3.05) is 7.11 Å². The first kappa shape index (κ1) is 16.1. The molecule has 0 aromatic heterocycles. The van der Waals surface area contributed by atoms with Gasteiger partial charge < -0.3 is 9.84 Å². The third kappa shape index (κ3) is 5.42. The zero-order valence-corrected chi connectivity index (χ0v) is 10.3. The zero-order chi connectivity index (χ0) is 10.6. The van der Waals surface area contributed by atoms with Gasteiger partial charge in [-0.15, -0.1) is 0 Å². The molecule has 0 saturated carbocycles. The van der Waals surface area contributed by atoms with Gasteiger partial charge in [-0.3, -0.25) is 4.79 Å². The minimum atomic E-state index is -0.457. The van der Waals surface area contributed by atoms with Crippen LogP contribution in [0.5, 0.6) is 0 Å². The summed E-state index contributed by atoms with van der Waals surface area (Å²) in [6, 6.07) is 0. The fraction of sp³-hybridized carbons (Fsp3) is 0.700. The number of methoxy groups -OCH3 is 1. The van der Waals surface area contributed by atoms with Gasteiger partial charge in [0.2, 0.25) is 0 Å². The molecule has 14 heavy (non-hydrogen) atoms. The minimum Gasteiger partial charge on any atom is -0.509 e. The van der Waals surface area contributed by atoms with Crippen LogP contribution in [-0.4, -0.2) is 24.1 Å². The van der Waals surface area contributed by atoms with Gasteiger partial charge in [0.15, 0.2) is 5.78 Å². The summed E-state index contributed by atoms with van der Waals surface area (Å²) in [5.41, 5.74) is -0.457. The van der Waals surface area contributed by atoms with E-state index in [4.69, 9.17) is 4.74 Å². The van der Waals surface area contributed by atoms with Crippen LogP contribution in [0, 0.1) is 5.41 Å². The van der Waals surface area contributed by atoms with Crippen molar-refractivity contribution in [3.05, 3.63) is 11.8 Å². The van der Waals surface area contributed by atoms with E-state index < -0.39 is 11.5 Å². The average molecular weight is 245 g/mol. The molecule has 0 bridgehead atoms. The summed E-state index contributed by atoms with van der Waals surface area (Å²) in [4.78, 5) is 11.4. The predicted molar refractivity (Wildman–Crippen MR) is 51.6 cm³/mol. The molecule has 1 atom stereocenters. The molecule has 0 aromatic carbocycles. The molecule has 0 aliphatic heterocycles. The maximum absolute atomic E-state index is 11.4. The zero-order valence-electron chi connectivity index (χ0n) is 9.25. The Kier molecular flexibility index (Phi) is 7.16. The van der Waals surface area contributed by atoms with E-state index in [1.165, 1.54) is 13.2 Å². The van der Waals surface area contributed by atoms with Crippen LogP contribution in [0.1, 0.15) is 27.7 Å². The molecule has 1 unspecified atom stereocenters. The van der Waals surface area contributed by atoms with Crippen molar-refractivity contribution in [2.45, 2.75) is 33.8 Å². The monoisotopic (exact) mass is 245 g/mol. The number of carbonyl (C=O) groups is 1. The maximum Gasteiger partial charge on any atom is 0.164 e. The van der Waals surface area contributed by atoms with E-state index in [0.29, 0.717) is 0 Å². The van der Waals surface area contributed by atoms with Crippen LogP contribution in [0.4, 0.5) is 0 Å². The third-order valence-electron chi connectivity index (χ3n) is 1.79. The first-order chi connectivity index (χ1) is 5.79. The Labute approximate surface area is 95.7 Å². The van der Waals surface area contributed by atoms with E-state index >= 15 is 0 Å². The first-order valence-corrected chi connectivity index (χ1v) is 4.27. The van der Waals surface area contributed by atoms with Crippen LogP contribution in [0.15, 0.2) is 11.8 Å². The fourth-order valence-corrected chi connectivity index (χ4v) is 0.589. The van der Waals surface area contributed by atoms with E-state index in [2.05, 4.69) is 0 Å². The summed E-state index contributed by atoms with van der Waals surface area (Å²) in [6.07, 6.45) is 0.806. The van der Waals surface area contributed by atoms with Gasteiger partial charge in [0.05, 0.1) is 0 Å². The second-order valence-electron chi connectivity index (χ2n) is 4.06. The van der Waals surface area contributed by atoms with Gasteiger partial charge in [0, 0.05) is 35.4 Å². The number of aliphatic hydroxyl groups excluding tert-OH is 1. The topological polar surface area (TPSA) is 46.5 Å². The van der Waals surface area contributed by atoms with Crippen molar-refractivity contribution in [1.82, 2.24) is 0 Å². The molecular weight excluding hydrogens is 227 g/mol. The number of ether oxygens (including phenoxy) is 1. The smallest absolute Gasteiger partial charge is 0.164 e. The second kappa shape index (κ2) is 6.21. The van der Waals surface area contributed by atoms with Gasteiger partial charge in [-0.25, -0.2) is 0 Å². The number of allylic oxidation sites excluding steroid dienone is 1. The number of aliphatic hydroxyl groups is 1. The predicted octanol–water partition coefficient (Wildman–Crippen LogP) is 2.08. The normalized spacial score (nSPS) is 14.5. The van der Waals surface area contributed by atoms with Crippen LogP contribution in [0.3, 0.4) is 0 Å². The van der Waals surface area contributed by atoms with E-state index in [0.717, 1.165) is 0 Å². The Morgan fingerprint density at radius 1 is 1.43 bits per heavy atom. The summed E-state index contributed by atoms with van der Waals surface area (Å²) in [6.45, 7) is 7.09. The SMILES string of the molecule is COC(C)/C(O)=C/C(=O)C(C)(C)C.[Co]. The maximum atomic E-state index is 11.4. The van der Waals surface area contributed by atoms with Crippen molar-refractivity contribution in [1.29, 1.82) is 0 Å². The van der Waals surface area contributed by atoms with Gasteiger partial charge in [-0.2, -0.15) is 0 Å². The first-order valence-electron chi connectivity index (χ1n) is 4.27. The molecule has 0 heterocycles. The molecule has 0 aromatic rings. The van der Waals surface area contributed by atoms with Gasteiger partial charge in [0.25, 0.3) is 0 Å².